The minimum atomic E-state index is -5.02. The Morgan fingerprint density at radius 3 is 2.59 bits per heavy atom. The van der Waals surface area contributed by atoms with E-state index < -0.39 is 18.6 Å². The lowest BCUT2D eigenvalue weighted by Gasteiger charge is -2.11. The maximum Gasteiger partial charge on any atom is 0.471 e. The Labute approximate surface area is 171 Å². The van der Waals surface area contributed by atoms with E-state index in [2.05, 4.69) is 4.98 Å². The molecular formula is C19H13ClF4N2O2S. The molecule has 0 saturated carbocycles. The third-order valence-corrected chi connectivity index (χ3v) is 5.07. The van der Waals surface area contributed by atoms with E-state index in [0.29, 0.717) is 10.8 Å². The maximum atomic E-state index is 12.8. The number of ether oxygens (including phenoxy) is 1. The lowest BCUT2D eigenvalue weighted by Crippen LogP contribution is -2.38. The summed E-state index contributed by atoms with van der Waals surface area (Å²) >= 11 is 7.46. The van der Waals surface area contributed by atoms with Crippen LogP contribution < -0.4 is 10.1 Å². The molecule has 0 bridgehead atoms. The van der Waals surface area contributed by atoms with Crippen LogP contribution in [0, 0.1) is 0 Å². The van der Waals surface area contributed by atoms with Gasteiger partial charge in [-0.2, -0.15) is 13.2 Å². The molecule has 10 heteroatoms. The second kappa shape index (κ2) is 8.79. The quantitative estimate of drug-likeness (QED) is 0.509. The number of amides is 1. The van der Waals surface area contributed by atoms with Gasteiger partial charge in [0.25, 0.3) is 0 Å². The number of alkyl halides is 3. The van der Waals surface area contributed by atoms with E-state index in [1.165, 1.54) is 11.3 Å². The van der Waals surface area contributed by atoms with Crippen molar-refractivity contribution in [2.45, 2.75) is 6.18 Å². The highest BCUT2D eigenvalue weighted by atomic mass is 35.5. The summed E-state index contributed by atoms with van der Waals surface area (Å²) in [5.74, 6) is -1.75. The number of fused-ring (bicyclic) bond motifs is 1. The van der Waals surface area contributed by atoms with Crippen LogP contribution in [-0.4, -0.2) is 30.2 Å². The predicted molar refractivity (Wildman–Crippen MR) is 104 cm³/mol. The number of benzene rings is 2. The maximum absolute atomic E-state index is 12.8. The molecule has 0 aliphatic rings. The molecule has 1 amide bonds. The fourth-order valence-electron chi connectivity index (χ4n) is 2.31. The molecule has 0 fully saturated rings. The Morgan fingerprint density at radius 2 is 1.93 bits per heavy atom. The van der Waals surface area contributed by atoms with Crippen molar-refractivity contribution in [1.82, 2.24) is 10.3 Å². The summed E-state index contributed by atoms with van der Waals surface area (Å²) in [6.07, 6.45) is -4.92. The molecule has 1 N–H and O–H groups in total. The van der Waals surface area contributed by atoms with Crippen LogP contribution in [0.4, 0.5) is 17.6 Å². The third-order valence-electron chi connectivity index (χ3n) is 3.76. The van der Waals surface area contributed by atoms with Crippen LogP contribution in [-0.2, 0) is 4.79 Å². The first-order valence-electron chi connectivity index (χ1n) is 8.19. The van der Waals surface area contributed by atoms with Gasteiger partial charge in [0.2, 0.25) is 0 Å². The van der Waals surface area contributed by atoms with Crippen molar-refractivity contribution in [3.8, 4) is 16.3 Å². The summed E-state index contributed by atoms with van der Waals surface area (Å²) in [5, 5.41) is 3.00. The van der Waals surface area contributed by atoms with Crippen molar-refractivity contribution >= 4 is 39.1 Å². The number of carbonyl (C=O) groups excluding carboxylic acids is 1. The van der Waals surface area contributed by atoms with Crippen molar-refractivity contribution < 1.29 is 27.1 Å². The molecule has 4 nitrogen and oxygen atoms in total. The number of halogens is 5. The van der Waals surface area contributed by atoms with Gasteiger partial charge in [-0.05, 0) is 42.5 Å². The number of hydrogen-bond acceptors (Lipinski definition) is 4. The first kappa shape index (κ1) is 21.1. The molecule has 3 rings (SSSR count). The molecule has 29 heavy (non-hydrogen) atoms. The Morgan fingerprint density at radius 1 is 1.21 bits per heavy atom. The number of hydrogen-bond donors (Lipinski definition) is 1. The van der Waals surface area contributed by atoms with Crippen LogP contribution in [0.2, 0.25) is 5.02 Å². The van der Waals surface area contributed by atoms with E-state index >= 15 is 0 Å². The van der Waals surface area contributed by atoms with Gasteiger partial charge in [-0.15, -0.1) is 11.3 Å². The molecule has 0 atom stereocenters. The number of nitrogens with one attached hydrogen (secondary N) is 1. The fourth-order valence-corrected chi connectivity index (χ4v) is 3.55. The largest absolute Gasteiger partial charge is 0.489 e. The Hall–Kier alpha value is -2.65. The van der Waals surface area contributed by atoms with Gasteiger partial charge >= 0.3 is 12.1 Å². The Kier molecular flexibility index (Phi) is 6.39. The highest BCUT2D eigenvalue weighted by Gasteiger charge is 2.38. The second-order valence-electron chi connectivity index (χ2n) is 5.89. The Bertz CT molecular complexity index is 1050. The lowest BCUT2D eigenvalue weighted by molar-refractivity contribution is -0.173. The monoisotopic (exact) mass is 444 g/mol. The first-order valence-corrected chi connectivity index (χ1v) is 9.38. The molecule has 0 aliphatic heterocycles. The zero-order valence-corrected chi connectivity index (χ0v) is 16.2. The van der Waals surface area contributed by atoms with Crippen LogP contribution >= 0.6 is 22.9 Å². The standard InChI is InChI=1S/C19H13ClF4N2O2S/c20-13-3-6-15-16(7-13)29-17(26-15)12-1-4-14(5-2-12)28-10-11(8-21)9-25-18(27)19(22,23)24/h1-8H,9-10H2,(H,25,27)/b11-8+. The van der Waals surface area contributed by atoms with Crippen LogP contribution in [0.5, 0.6) is 5.75 Å². The molecular weight excluding hydrogens is 432 g/mol. The van der Waals surface area contributed by atoms with E-state index in [4.69, 9.17) is 16.3 Å². The van der Waals surface area contributed by atoms with Crippen LogP contribution in [0.1, 0.15) is 0 Å². The van der Waals surface area contributed by atoms with Gasteiger partial charge in [0.05, 0.1) is 16.5 Å². The van der Waals surface area contributed by atoms with Gasteiger partial charge in [0.1, 0.15) is 17.4 Å². The average molecular weight is 445 g/mol. The second-order valence-corrected chi connectivity index (χ2v) is 7.36. The van der Waals surface area contributed by atoms with Gasteiger partial charge in [0.15, 0.2) is 0 Å². The van der Waals surface area contributed by atoms with E-state index in [1.807, 2.05) is 12.1 Å². The van der Waals surface area contributed by atoms with Gasteiger partial charge in [0, 0.05) is 22.7 Å². The SMILES string of the molecule is O=C(NC/C(=C\F)COc1ccc(-c2nc3ccc(Cl)cc3s2)cc1)C(F)(F)F. The summed E-state index contributed by atoms with van der Waals surface area (Å²) in [4.78, 5) is 15.3. The molecule has 0 unspecified atom stereocenters. The summed E-state index contributed by atoms with van der Waals surface area (Å²) in [5.41, 5.74) is 1.52. The molecule has 1 aromatic heterocycles. The number of aromatic nitrogens is 1. The fraction of sp³-hybridized carbons (Fsp3) is 0.158. The summed E-state index contributed by atoms with van der Waals surface area (Å²) in [7, 11) is 0. The predicted octanol–water partition coefficient (Wildman–Crippen LogP) is 5.53. The molecule has 152 valence electrons. The van der Waals surface area contributed by atoms with Crippen LogP contribution in [0.25, 0.3) is 20.8 Å². The minimum absolute atomic E-state index is 0.108. The topological polar surface area (TPSA) is 51.2 Å². The van der Waals surface area contributed by atoms with Gasteiger partial charge in [-0.1, -0.05) is 11.6 Å². The highest BCUT2D eigenvalue weighted by Crippen LogP contribution is 2.32. The smallest absolute Gasteiger partial charge is 0.471 e. The van der Waals surface area contributed by atoms with Crippen molar-refractivity contribution in [3.63, 3.8) is 0 Å². The van der Waals surface area contributed by atoms with Crippen molar-refractivity contribution in [2.24, 2.45) is 0 Å². The van der Waals surface area contributed by atoms with Gasteiger partial charge in [-0.3, -0.25) is 4.79 Å². The number of rotatable bonds is 6. The van der Waals surface area contributed by atoms with Crippen molar-refractivity contribution in [3.05, 3.63) is 59.4 Å². The van der Waals surface area contributed by atoms with E-state index in [-0.39, 0.29) is 18.5 Å². The minimum Gasteiger partial charge on any atom is -0.489 e. The molecule has 3 aromatic rings. The lowest BCUT2D eigenvalue weighted by atomic mass is 10.2. The van der Waals surface area contributed by atoms with Crippen molar-refractivity contribution in [2.75, 3.05) is 13.2 Å². The highest BCUT2D eigenvalue weighted by molar-refractivity contribution is 7.21. The van der Waals surface area contributed by atoms with E-state index in [0.717, 1.165) is 20.8 Å². The summed E-state index contributed by atoms with van der Waals surface area (Å²) < 4.78 is 55.6. The third kappa shape index (κ3) is 5.45. The zero-order chi connectivity index (χ0) is 21.0. The molecule has 0 radical (unpaired) electrons. The van der Waals surface area contributed by atoms with Gasteiger partial charge < -0.3 is 10.1 Å². The number of thiazole rings is 1. The Balaban J connectivity index is 1.60. The van der Waals surface area contributed by atoms with E-state index in [1.54, 1.807) is 35.6 Å². The summed E-state index contributed by atoms with van der Waals surface area (Å²) in [6.45, 7) is -0.922. The van der Waals surface area contributed by atoms with Crippen LogP contribution in [0.3, 0.4) is 0 Å². The average Bonchev–Trinajstić information content (AvgIpc) is 3.10. The molecule has 0 aliphatic carbocycles. The normalized spacial score (nSPS) is 12.2. The number of carbonyl (C=O) groups is 1. The zero-order valence-electron chi connectivity index (χ0n) is 14.6. The molecule has 0 spiro atoms. The van der Waals surface area contributed by atoms with Crippen molar-refractivity contribution in [1.29, 1.82) is 0 Å². The van der Waals surface area contributed by atoms with E-state index in [9.17, 15) is 22.4 Å². The number of nitrogens with zero attached hydrogens (tertiary/aromatic N) is 1. The van der Waals surface area contributed by atoms with Gasteiger partial charge in [-0.25, -0.2) is 9.37 Å². The molecule has 0 saturated heterocycles. The van der Waals surface area contributed by atoms with Crippen LogP contribution in [0.15, 0.2) is 54.4 Å². The summed E-state index contributed by atoms with van der Waals surface area (Å²) in [6, 6.07) is 12.2. The molecule has 1 heterocycles. The first-order chi connectivity index (χ1) is 13.8. The molecule has 2 aromatic carbocycles.